The molecule has 0 heterocycles. The second kappa shape index (κ2) is 4.37. The van der Waals surface area contributed by atoms with Crippen LogP contribution in [-0.2, 0) is 0 Å². The van der Waals surface area contributed by atoms with E-state index in [0.717, 1.165) is 0 Å². The molecule has 0 aliphatic carbocycles. The van der Waals surface area contributed by atoms with Crippen molar-refractivity contribution in [3.63, 3.8) is 0 Å². The Morgan fingerprint density at radius 2 is 1.88 bits per heavy atom. The van der Waals surface area contributed by atoms with Gasteiger partial charge in [-0.25, -0.2) is 9.18 Å². The maximum absolute atomic E-state index is 13.1. The fourth-order valence-corrected chi connectivity index (χ4v) is 1.85. The molecule has 2 aromatic carbocycles. The van der Waals surface area contributed by atoms with E-state index >= 15 is 0 Å². The van der Waals surface area contributed by atoms with Crippen molar-refractivity contribution in [1.82, 2.24) is 0 Å². The van der Waals surface area contributed by atoms with Crippen molar-refractivity contribution in [3.8, 4) is 11.1 Å². The van der Waals surface area contributed by atoms with Gasteiger partial charge in [0.15, 0.2) is 0 Å². The summed E-state index contributed by atoms with van der Waals surface area (Å²) in [5, 5.41) is 9.18. The van der Waals surface area contributed by atoms with Crippen LogP contribution in [0.4, 0.5) is 4.39 Å². The van der Waals surface area contributed by atoms with Gasteiger partial charge < -0.3 is 5.11 Å². The van der Waals surface area contributed by atoms with Gasteiger partial charge in [0.25, 0.3) is 0 Å². The molecule has 0 saturated carbocycles. The number of halogens is 1. The number of carboxylic acids is 1. The van der Waals surface area contributed by atoms with Crippen molar-refractivity contribution in [3.05, 3.63) is 59.4 Å². The van der Waals surface area contributed by atoms with E-state index < -0.39 is 5.97 Å². The number of rotatable bonds is 2. The molecule has 0 aliphatic heterocycles. The number of benzene rings is 2. The van der Waals surface area contributed by atoms with Crippen LogP contribution in [0.5, 0.6) is 0 Å². The Morgan fingerprint density at radius 1 is 1.18 bits per heavy atom. The summed E-state index contributed by atoms with van der Waals surface area (Å²) in [6.07, 6.45) is 0. The molecule has 86 valence electrons. The molecule has 2 rings (SSSR count). The predicted octanol–water partition coefficient (Wildman–Crippen LogP) is 3.50. The quantitative estimate of drug-likeness (QED) is 0.857. The van der Waals surface area contributed by atoms with E-state index in [-0.39, 0.29) is 11.4 Å². The Morgan fingerprint density at radius 3 is 2.53 bits per heavy atom. The van der Waals surface area contributed by atoms with E-state index in [2.05, 4.69) is 0 Å². The van der Waals surface area contributed by atoms with Gasteiger partial charge >= 0.3 is 5.97 Å². The normalized spacial score (nSPS) is 10.2. The second-order valence-electron chi connectivity index (χ2n) is 3.81. The van der Waals surface area contributed by atoms with Crippen molar-refractivity contribution in [2.24, 2.45) is 0 Å². The van der Waals surface area contributed by atoms with Crippen LogP contribution >= 0.6 is 0 Å². The van der Waals surface area contributed by atoms with Gasteiger partial charge in [-0.1, -0.05) is 30.3 Å². The van der Waals surface area contributed by atoms with Crippen molar-refractivity contribution in [2.45, 2.75) is 6.92 Å². The molecule has 1 N–H and O–H groups in total. The Balaban J connectivity index is 2.67. The predicted molar refractivity (Wildman–Crippen MR) is 63.5 cm³/mol. The highest BCUT2D eigenvalue weighted by atomic mass is 19.1. The Labute approximate surface area is 98.3 Å². The first-order chi connectivity index (χ1) is 8.09. The average Bonchev–Trinajstić information content (AvgIpc) is 2.28. The second-order valence-corrected chi connectivity index (χ2v) is 3.81. The van der Waals surface area contributed by atoms with E-state index in [1.807, 2.05) is 0 Å². The molecule has 3 heteroatoms. The van der Waals surface area contributed by atoms with Crippen LogP contribution in [0, 0.1) is 12.7 Å². The fraction of sp³-hybridized carbons (Fsp3) is 0.0714. The Kier molecular flexibility index (Phi) is 2.91. The van der Waals surface area contributed by atoms with Crippen LogP contribution < -0.4 is 0 Å². The maximum Gasteiger partial charge on any atom is 0.336 e. The van der Waals surface area contributed by atoms with E-state index in [1.54, 1.807) is 37.3 Å². The van der Waals surface area contributed by atoms with Gasteiger partial charge in [-0.15, -0.1) is 0 Å². The standard InChI is InChI=1S/C14H11FO2/c1-9-4-2-7-12(13(9)14(16)17)10-5-3-6-11(15)8-10/h2-8H,1H3,(H,16,17). The topological polar surface area (TPSA) is 37.3 Å². The highest BCUT2D eigenvalue weighted by Gasteiger charge is 2.14. The van der Waals surface area contributed by atoms with E-state index in [9.17, 15) is 14.3 Å². The number of aromatic carboxylic acids is 1. The first-order valence-corrected chi connectivity index (χ1v) is 5.18. The lowest BCUT2D eigenvalue weighted by Gasteiger charge is -2.09. The minimum atomic E-state index is -0.998. The largest absolute Gasteiger partial charge is 0.478 e. The lowest BCUT2D eigenvalue weighted by Crippen LogP contribution is -2.02. The van der Waals surface area contributed by atoms with E-state index in [0.29, 0.717) is 16.7 Å². The van der Waals surface area contributed by atoms with Crippen LogP contribution in [0.1, 0.15) is 15.9 Å². The molecule has 2 aromatic rings. The van der Waals surface area contributed by atoms with Crippen molar-refractivity contribution >= 4 is 5.97 Å². The average molecular weight is 230 g/mol. The number of hydrogen-bond acceptors (Lipinski definition) is 1. The van der Waals surface area contributed by atoms with Crippen LogP contribution in [-0.4, -0.2) is 11.1 Å². The minimum absolute atomic E-state index is 0.220. The maximum atomic E-state index is 13.1. The molecule has 0 amide bonds. The van der Waals surface area contributed by atoms with Gasteiger partial charge in [0.2, 0.25) is 0 Å². The fourth-order valence-electron chi connectivity index (χ4n) is 1.85. The highest BCUT2D eigenvalue weighted by molar-refractivity contribution is 5.97. The summed E-state index contributed by atoms with van der Waals surface area (Å²) in [5.41, 5.74) is 2.00. The number of carboxylic acid groups (broad SMARTS) is 1. The smallest absolute Gasteiger partial charge is 0.336 e. The summed E-state index contributed by atoms with van der Waals surface area (Å²) in [6, 6.07) is 11.1. The molecule has 17 heavy (non-hydrogen) atoms. The zero-order chi connectivity index (χ0) is 12.4. The van der Waals surface area contributed by atoms with Gasteiger partial charge in [-0.2, -0.15) is 0 Å². The van der Waals surface area contributed by atoms with Crippen molar-refractivity contribution in [2.75, 3.05) is 0 Å². The summed E-state index contributed by atoms with van der Waals surface area (Å²) in [5.74, 6) is -1.37. The van der Waals surface area contributed by atoms with Gasteiger partial charge in [-0.3, -0.25) is 0 Å². The summed E-state index contributed by atoms with van der Waals surface area (Å²) in [6.45, 7) is 1.73. The molecule has 2 nitrogen and oxygen atoms in total. The summed E-state index contributed by atoms with van der Waals surface area (Å²) >= 11 is 0. The third kappa shape index (κ3) is 2.18. The minimum Gasteiger partial charge on any atom is -0.478 e. The molecular weight excluding hydrogens is 219 g/mol. The molecule has 0 spiro atoms. The lowest BCUT2D eigenvalue weighted by atomic mass is 9.96. The SMILES string of the molecule is Cc1cccc(-c2cccc(F)c2)c1C(=O)O. The summed E-state index contributed by atoms with van der Waals surface area (Å²) < 4.78 is 13.1. The number of aryl methyl sites for hydroxylation is 1. The van der Waals surface area contributed by atoms with Crippen molar-refractivity contribution < 1.29 is 14.3 Å². The molecule has 0 atom stereocenters. The zero-order valence-corrected chi connectivity index (χ0v) is 9.27. The summed E-state index contributed by atoms with van der Waals surface area (Å²) in [7, 11) is 0. The van der Waals surface area contributed by atoms with E-state index in [4.69, 9.17) is 0 Å². The zero-order valence-electron chi connectivity index (χ0n) is 9.27. The molecule has 0 aliphatic rings. The van der Waals surface area contributed by atoms with Crippen LogP contribution in [0.2, 0.25) is 0 Å². The lowest BCUT2D eigenvalue weighted by molar-refractivity contribution is 0.0697. The monoisotopic (exact) mass is 230 g/mol. The molecule has 0 saturated heterocycles. The number of hydrogen-bond donors (Lipinski definition) is 1. The van der Waals surface area contributed by atoms with Crippen LogP contribution in [0.15, 0.2) is 42.5 Å². The molecular formula is C14H11FO2. The van der Waals surface area contributed by atoms with Gasteiger partial charge in [-0.05, 0) is 35.7 Å². The number of carbonyl (C=O) groups is 1. The van der Waals surface area contributed by atoms with Gasteiger partial charge in [0.1, 0.15) is 5.82 Å². The molecule has 0 bridgehead atoms. The first kappa shape index (κ1) is 11.3. The van der Waals surface area contributed by atoms with Crippen LogP contribution in [0.3, 0.4) is 0 Å². The van der Waals surface area contributed by atoms with Crippen LogP contribution in [0.25, 0.3) is 11.1 Å². The summed E-state index contributed by atoms with van der Waals surface area (Å²) in [4.78, 5) is 11.2. The molecule has 0 fully saturated rings. The molecule has 0 unspecified atom stereocenters. The highest BCUT2D eigenvalue weighted by Crippen LogP contribution is 2.26. The van der Waals surface area contributed by atoms with E-state index in [1.165, 1.54) is 12.1 Å². The Hall–Kier alpha value is -2.16. The van der Waals surface area contributed by atoms with Crippen molar-refractivity contribution in [1.29, 1.82) is 0 Å². The third-order valence-corrected chi connectivity index (χ3v) is 2.62. The Bertz CT molecular complexity index is 576. The van der Waals surface area contributed by atoms with Gasteiger partial charge in [0.05, 0.1) is 5.56 Å². The third-order valence-electron chi connectivity index (χ3n) is 2.62. The first-order valence-electron chi connectivity index (χ1n) is 5.18. The molecule has 0 aromatic heterocycles. The molecule has 0 radical (unpaired) electrons. The van der Waals surface area contributed by atoms with Gasteiger partial charge in [0, 0.05) is 0 Å².